The second-order valence-electron chi connectivity index (χ2n) is 8.49. The zero-order valence-electron chi connectivity index (χ0n) is 20.6. The fourth-order valence-electron chi connectivity index (χ4n) is 4.02. The highest BCUT2D eigenvalue weighted by Crippen LogP contribution is 2.52. The second kappa shape index (κ2) is 11.7. The van der Waals surface area contributed by atoms with Crippen molar-refractivity contribution >= 4 is 54.7 Å². The van der Waals surface area contributed by atoms with Crippen LogP contribution in [0.2, 0.25) is 0 Å². The number of thiophene rings is 1. The van der Waals surface area contributed by atoms with Crippen LogP contribution in [0.1, 0.15) is 10.4 Å². The lowest BCUT2D eigenvalue weighted by Gasteiger charge is -2.24. The lowest BCUT2D eigenvalue weighted by atomic mass is 10.2. The molecule has 1 aromatic heterocycles. The van der Waals surface area contributed by atoms with Gasteiger partial charge in [0.1, 0.15) is 23.2 Å². The van der Waals surface area contributed by atoms with Gasteiger partial charge in [0.25, 0.3) is 0 Å². The number of hydrogen-bond acceptors (Lipinski definition) is 4. The maximum absolute atomic E-state index is 10.7. The van der Waals surface area contributed by atoms with Crippen LogP contribution in [0.3, 0.4) is 0 Å². The Labute approximate surface area is 230 Å². The van der Waals surface area contributed by atoms with E-state index in [9.17, 15) is 13.2 Å². The van der Waals surface area contributed by atoms with Crippen LogP contribution in [0, 0.1) is 11.8 Å². The Balaban J connectivity index is 0.000000386. The van der Waals surface area contributed by atoms with Gasteiger partial charge in [-0.05, 0) is 53.9 Å². The highest BCUT2D eigenvalue weighted by atomic mass is 32.2. The van der Waals surface area contributed by atoms with Crippen molar-refractivity contribution in [3.8, 4) is 11.8 Å². The Hall–Kier alpha value is -3.47. The number of alkyl halides is 3. The molecule has 0 radical (unpaired) electrons. The summed E-state index contributed by atoms with van der Waals surface area (Å²) in [7, 11) is -7.90. The molecule has 0 aliphatic carbocycles. The fourth-order valence-corrected chi connectivity index (χ4v) is 8.33. The van der Waals surface area contributed by atoms with Crippen LogP contribution in [0.25, 0.3) is 10.1 Å². The first kappa shape index (κ1) is 28.5. The van der Waals surface area contributed by atoms with Crippen LogP contribution in [0.4, 0.5) is 13.2 Å². The lowest BCUT2D eigenvalue weighted by Crippen LogP contribution is -2.31. The van der Waals surface area contributed by atoms with E-state index in [-0.39, 0.29) is 0 Å². The minimum Gasteiger partial charge on any atom is -0.741 e. The van der Waals surface area contributed by atoms with Gasteiger partial charge in [0.15, 0.2) is 10.1 Å². The molecular formula is C30H22F3O3PS2. The summed E-state index contributed by atoms with van der Waals surface area (Å²) in [6.45, 7) is 2.41. The van der Waals surface area contributed by atoms with Crippen molar-refractivity contribution in [1.29, 1.82) is 0 Å². The van der Waals surface area contributed by atoms with Crippen LogP contribution < -0.4 is 15.9 Å². The second-order valence-corrected chi connectivity index (χ2v) is 14.5. The first-order valence-electron chi connectivity index (χ1n) is 11.6. The van der Waals surface area contributed by atoms with Gasteiger partial charge in [-0.1, -0.05) is 78.6 Å². The number of benzene rings is 4. The quantitative estimate of drug-likeness (QED) is 0.109. The third-order valence-electron chi connectivity index (χ3n) is 5.96. The van der Waals surface area contributed by atoms with E-state index in [1.54, 1.807) is 11.3 Å². The molecule has 0 atom stereocenters. The largest absolute Gasteiger partial charge is 0.741 e. The molecule has 3 nitrogen and oxygen atoms in total. The Morgan fingerprint density at radius 3 is 1.77 bits per heavy atom. The van der Waals surface area contributed by atoms with E-state index < -0.39 is 22.9 Å². The SMILES string of the molecule is C[P+](c1ccccc1)(c1ccccc1)c1ccccc1C#Cc1cc2ccccc2s1.O=S(=O)([O-])C(F)(F)F. The van der Waals surface area contributed by atoms with Gasteiger partial charge < -0.3 is 4.55 Å². The molecule has 0 saturated carbocycles. The van der Waals surface area contributed by atoms with E-state index >= 15 is 0 Å². The molecule has 0 aliphatic rings. The van der Waals surface area contributed by atoms with E-state index in [4.69, 9.17) is 13.0 Å². The average Bonchev–Trinajstić information content (AvgIpc) is 3.35. The van der Waals surface area contributed by atoms with Crippen molar-refractivity contribution in [2.45, 2.75) is 5.51 Å². The minimum absolute atomic E-state index is 1.11. The van der Waals surface area contributed by atoms with Crippen LogP contribution >= 0.6 is 18.6 Å². The minimum atomic E-state index is -6.09. The van der Waals surface area contributed by atoms with Gasteiger partial charge in [-0.25, -0.2) is 8.42 Å². The maximum Gasteiger partial charge on any atom is 0.485 e. The first-order chi connectivity index (χ1) is 18.5. The van der Waals surface area contributed by atoms with Gasteiger partial charge >= 0.3 is 5.51 Å². The summed E-state index contributed by atoms with van der Waals surface area (Å²) in [5, 5.41) is 5.34. The van der Waals surface area contributed by atoms with Crippen molar-refractivity contribution < 1.29 is 26.1 Å². The van der Waals surface area contributed by atoms with E-state index in [0.29, 0.717) is 0 Å². The van der Waals surface area contributed by atoms with Gasteiger partial charge in [0, 0.05) is 4.70 Å². The van der Waals surface area contributed by atoms with Crippen molar-refractivity contribution in [1.82, 2.24) is 0 Å². The molecule has 39 heavy (non-hydrogen) atoms. The summed E-state index contributed by atoms with van der Waals surface area (Å²) in [5.74, 6) is 6.98. The Bertz CT molecular complexity index is 1670. The average molecular weight is 583 g/mol. The molecule has 198 valence electrons. The Kier molecular flexibility index (Phi) is 8.58. The molecular weight excluding hydrogens is 560 g/mol. The maximum atomic E-state index is 10.7. The zero-order chi connectivity index (χ0) is 28.1. The molecule has 4 aromatic carbocycles. The van der Waals surface area contributed by atoms with Gasteiger partial charge in [-0.3, -0.25) is 0 Å². The Morgan fingerprint density at radius 1 is 0.744 bits per heavy atom. The molecule has 5 rings (SSSR count). The number of rotatable bonds is 3. The summed E-state index contributed by atoms with van der Waals surface area (Å²) >= 11 is 1.76. The normalized spacial score (nSPS) is 11.7. The van der Waals surface area contributed by atoms with Gasteiger partial charge in [0.2, 0.25) is 0 Å². The van der Waals surface area contributed by atoms with Gasteiger partial charge in [0.05, 0.1) is 17.1 Å². The smallest absolute Gasteiger partial charge is 0.485 e. The fraction of sp³-hybridized carbons (Fsp3) is 0.0667. The highest BCUT2D eigenvalue weighted by Gasteiger charge is 2.41. The number of hydrogen-bond donors (Lipinski definition) is 0. The Morgan fingerprint density at radius 2 is 1.23 bits per heavy atom. The van der Waals surface area contributed by atoms with E-state index in [2.05, 4.69) is 134 Å². The topological polar surface area (TPSA) is 57.2 Å². The predicted octanol–water partition coefficient (Wildman–Crippen LogP) is 6.28. The molecule has 0 spiro atoms. The van der Waals surface area contributed by atoms with Crippen molar-refractivity contribution in [3.63, 3.8) is 0 Å². The number of halogens is 3. The highest BCUT2D eigenvalue weighted by molar-refractivity contribution is 7.95. The first-order valence-corrected chi connectivity index (χ1v) is 16.1. The van der Waals surface area contributed by atoms with E-state index in [1.165, 1.54) is 26.0 Å². The van der Waals surface area contributed by atoms with Gasteiger partial charge in [-0.15, -0.1) is 11.3 Å². The predicted molar refractivity (Wildman–Crippen MR) is 155 cm³/mol. The van der Waals surface area contributed by atoms with Crippen molar-refractivity contribution in [2.24, 2.45) is 0 Å². The summed E-state index contributed by atoms with van der Waals surface area (Å²) < 4.78 is 60.2. The molecule has 0 fully saturated rings. The molecule has 1 heterocycles. The molecule has 9 heteroatoms. The third kappa shape index (κ3) is 6.58. The number of fused-ring (bicyclic) bond motifs is 1. The monoisotopic (exact) mass is 582 g/mol. The summed E-state index contributed by atoms with van der Waals surface area (Å²) in [5.41, 5.74) is -4.53. The molecule has 0 N–H and O–H groups in total. The lowest BCUT2D eigenvalue weighted by molar-refractivity contribution is -0.0517. The van der Waals surface area contributed by atoms with E-state index in [1.807, 2.05) is 0 Å². The van der Waals surface area contributed by atoms with Crippen LogP contribution in [-0.2, 0) is 10.1 Å². The van der Waals surface area contributed by atoms with Crippen molar-refractivity contribution in [3.05, 3.63) is 126 Å². The molecule has 0 aliphatic heterocycles. The van der Waals surface area contributed by atoms with E-state index in [0.717, 1.165) is 10.4 Å². The van der Waals surface area contributed by atoms with Crippen LogP contribution in [0.5, 0.6) is 0 Å². The standard InChI is InChI=1S/C29H22PS.CHF3O3S/c1-30(25-14-4-2-5-15-25,26-16-6-3-7-17-26)28-18-10-8-12-23(28)20-21-27-22-24-13-9-11-19-29(24)31-27;2-1(3,4)8(5,6)7/h2-19,22H,1H3;(H,5,6,7)/q+1;/p-1. The molecule has 0 unspecified atom stereocenters. The molecule has 0 saturated heterocycles. The van der Waals surface area contributed by atoms with Crippen LogP contribution in [0.15, 0.2) is 115 Å². The molecule has 0 amide bonds. The molecule has 0 bridgehead atoms. The summed E-state index contributed by atoms with van der Waals surface area (Å²) in [6.07, 6.45) is 0. The summed E-state index contributed by atoms with van der Waals surface area (Å²) in [6, 6.07) is 41.1. The summed E-state index contributed by atoms with van der Waals surface area (Å²) in [4.78, 5) is 1.11. The zero-order valence-corrected chi connectivity index (χ0v) is 23.1. The third-order valence-corrected chi connectivity index (χ3v) is 11.6. The van der Waals surface area contributed by atoms with Crippen LogP contribution in [-0.4, -0.2) is 25.1 Å². The molecule has 5 aromatic rings. The van der Waals surface area contributed by atoms with Crippen molar-refractivity contribution in [2.75, 3.05) is 6.66 Å². The van der Waals surface area contributed by atoms with Gasteiger partial charge in [-0.2, -0.15) is 13.2 Å².